The molecule has 0 unspecified atom stereocenters. The molecule has 2 nitrogen and oxygen atoms in total. The lowest BCUT2D eigenvalue weighted by atomic mass is 9.83. The summed E-state index contributed by atoms with van der Waals surface area (Å²) in [5, 5.41) is 3.61. The quantitative estimate of drug-likeness (QED) is 0.825. The highest BCUT2D eigenvalue weighted by Gasteiger charge is 2.30. The first-order valence-electron chi connectivity index (χ1n) is 6.23. The van der Waals surface area contributed by atoms with Gasteiger partial charge >= 0.3 is 0 Å². The number of rotatable bonds is 3. The highest BCUT2D eigenvalue weighted by Crippen LogP contribution is 2.28. The van der Waals surface area contributed by atoms with Gasteiger partial charge in [0.25, 0.3) is 0 Å². The van der Waals surface area contributed by atoms with Crippen molar-refractivity contribution in [2.45, 2.75) is 19.3 Å². The number of benzene rings is 2. The summed E-state index contributed by atoms with van der Waals surface area (Å²) >= 11 is 9.31. The van der Waals surface area contributed by atoms with Crippen LogP contribution in [0.5, 0.6) is 0 Å². The number of amides is 1. The van der Waals surface area contributed by atoms with Gasteiger partial charge in [0.1, 0.15) is 0 Å². The van der Waals surface area contributed by atoms with Crippen LogP contribution in [0.4, 0.5) is 5.69 Å². The number of nitrogens with one attached hydrogen (secondary N) is 1. The van der Waals surface area contributed by atoms with E-state index in [1.54, 1.807) is 12.1 Å². The van der Waals surface area contributed by atoms with Gasteiger partial charge < -0.3 is 5.32 Å². The van der Waals surface area contributed by atoms with Crippen LogP contribution in [-0.2, 0) is 10.2 Å². The van der Waals surface area contributed by atoms with Crippen LogP contribution in [0.25, 0.3) is 0 Å². The monoisotopic (exact) mass is 351 g/mol. The first-order valence-corrected chi connectivity index (χ1v) is 7.40. The number of hydrogen-bond acceptors (Lipinski definition) is 1. The van der Waals surface area contributed by atoms with Crippen LogP contribution >= 0.6 is 27.5 Å². The van der Waals surface area contributed by atoms with E-state index in [2.05, 4.69) is 21.2 Å². The summed E-state index contributed by atoms with van der Waals surface area (Å²) in [5.74, 6) is -0.0632. The molecule has 0 aromatic heterocycles. The van der Waals surface area contributed by atoms with Crippen molar-refractivity contribution >= 4 is 39.1 Å². The summed E-state index contributed by atoms with van der Waals surface area (Å²) in [4.78, 5) is 12.5. The van der Waals surface area contributed by atoms with Crippen LogP contribution in [0.3, 0.4) is 0 Å². The number of carbonyl (C=O) groups excluding carboxylic acids is 1. The molecule has 0 aliphatic rings. The van der Waals surface area contributed by atoms with Crippen molar-refractivity contribution in [1.82, 2.24) is 0 Å². The molecule has 2 aromatic carbocycles. The first kappa shape index (κ1) is 15.1. The Bertz CT molecular complexity index is 623. The zero-order chi connectivity index (χ0) is 14.8. The Labute approximate surface area is 132 Å². The molecule has 0 fully saturated rings. The SMILES string of the molecule is CC(C)(C(=O)Nc1ccccc1Br)c1ccc(Cl)cc1. The zero-order valence-corrected chi connectivity index (χ0v) is 13.6. The van der Waals surface area contributed by atoms with Gasteiger partial charge in [-0.3, -0.25) is 4.79 Å². The first-order chi connectivity index (χ1) is 9.41. The predicted octanol–water partition coefficient (Wildman–Crippen LogP) is 5.02. The fourth-order valence-electron chi connectivity index (χ4n) is 1.84. The van der Waals surface area contributed by atoms with Crippen LogP contribution in [0, 0.1) is 0 Å². The van der Waals surface area contributed by atoms with Crippen LogP contribution in [-0.4, -0.2) is 5.91 Å². The molecule has 0 heterocycles. The van der Waals surface area contributed by atoms with Crippen molar-refractivity contribution in [3.8, 4) is 0 Å². The van der Waals surface area contributed by atoms with Gasteiger partial charge in [-0.25, -0.2) is 0 Å². The molecule has 0 bridgehead atoms. The van der Waals surface area contributed by atoms with Crippen molar-refractivity contribution < 1.29 is 4.79 Å². The highest BCUT2D eigenvalue weighted by molar-refractivity contribution is 9.10. The second-order valence-corrected chi connectivity index (χ2v) is 6.36. The number of para-hydroxylation sites is 1. The maximum absolute atomic E-state index is 12.5. The summed E-state index contributed by atoms with van der Waals surface area (Å²) in [6.07, 6.45) is 0. The predicted molar refractivity (Wildman–Crippen MR) is 87.2 cm³/mol. The molecule has 1 amide bonds. The molecule has 0 spiro atoms. The molecule has 0 aliphatic heterocycles. The fraction of sp³-hybridized carbons (Fsp3) is 0.188. The summed E-state index contributed by atoms with van der Waals surface area (Å²) in [6, 6.07) is 14.9. The molecule has 104 valence electrons. The summed E-state index contributed by atoms with van der Waals surface area (Å²) < 4.78 is 0.861. The minimum absolute atomic E-state index is 0.0632. The van der Waals surface area contributed by atoms with Crippen LogP contribution in [0.1, 0.15) is 19.4 Å². The molecule has 4 heteroatoms. The van der Waals surface area contributed by atoms with Crippen LogP contribution < -0.4 is 5.32 Å². The van der Waals surface area contributed by atoms with E-state index in [-0.39, 0.29) is 5.91 Å². The van der Waals surface area contributed by atoms with E-state index in [1.807, 2.05) is 50.2 Å². The van der Waals surface area contributed by atoms with Crippen molar-refractivity contribution in [1.29, 1.82) is 0 Å². The smallest absolute Gasteiger partial charge is 0.234 e. The van der Waals surface area contributed by atoms with E-state index in [1.165, 1.54) is 0 Å². The molecule has 20 heavy (non-hydrogen) atoms. The topological polar surface area (TPSA) is 29.1 Å². The molecule has 2 rings (SSSR count). The number of halogens is 2. The second kappa shape index (κ2) is 5.98. The molecule has 0 atom stereocenters. The zero-order valence-electron chi connectivity index (χ0n) is 11.3. The van der Waals surface area contributed by atoms with E-state index in [9.17, 15) is 4.79 Å². The lowest BCUT2D eigenvalue weighted by molar-refractivity contribution is -0.120. The normalized spacial score (nSPS) is 11.2. The molecular weight excluding hydrogens is 338 g/mol. The minimum atomic E-state index is -0.639. The van der Waals surface area contributed by atoms with E-state index < -0.39 is 5.41 Å². The van der Waals surface area contributed by atoms with Crippen molar-refractivity contribution in [3.05, 3.63) is 63.6 Å². The Hall–Kier alpha value is -1.32. The number of anilines is 1. The molecule has 0 saturated carbocycles. The largest absolute Gasteiger partial charge is 0.324 e. The third-order valence-electron chi connectivity index (χ3n) is 3.26. The van der Waals surface area contributed by atoms with Crippen LogP contribution in [0.15, 0.2) is 53.0 Å². The van der Waals surface area contributed by atoms with Gasteiger partial charge in [0, 0.05) is 9.50 Å². The Morgan fingerprint density at radius 3 is 2.30 bits per heavy atom. The number of hydrogen-bond donors (Lipinski definition) is 1. The Balaban J connectivity index is 2.23. The summed E-state index contributed by atoms with van der Waals surface area (Å²) in [7, 11) is 0. The summed E-state index contributed by atoms with van der Waals surface area (Å²) in [5.41, 5.74) is 1.05. The van der Waals surface area contributed by atoms with E-state index in [0.29, 0.717) is 5.02 Å². The standard InChI is InChI=1S/C16H15BrClNO/c1-16(2,11-7-9-12(18)10-8-11)15(20)19-14-6-4-3-5-13(14)17/h3-10H,1-2H3,(H,19,20). The van der Waals surface area contributed by atoms with Gasteiger partial charge in [-0.2, -0.15) is 0 Å². The second-order valence-electron chi connectivity index (χ2n) is 5.07. The average molecular weight is 353 g/mol. The average Bonchev–Trinajstić information content (AvgIpc) is 2.41. The van der Waals surface area contributed by atoms with Crippen LogP contribution in [0.2, 0.25) is 5.02 Å². The van der Waals surface area contributed by atoms with Gasteiger partial charge in [0.2, 0.25) is 5.91 Å². The fourth-order valence-corrected chi connectivity index (χ4v) is 2.35. The van der Waals surface area contributed by atoms with Crippen molar-refractivity contribution in [2.75, 3.05) is 5.32 Å². The third-order valence-corrected chi connectivity index (χ3v) is 4.20. The number of carbonyl (C=O) groups is 1. The molecule has 1 N–H and O–H groups in total. The van der Waals surface area contributed by atoms with Gasteiger partial charge in [0.15, 0.2) is 0 Å². The minimum Gasteiger partial charge on any atom is -0.324 e. The Morgan fingerprint density at radius 1 is 1.10 bits per heavy atom. The maximum Gasteiger partial charge on any atom is 0.234 e. The van der Waals surface area contributed by atoms with Crippen molar-refractivity contribution in [2.24, 2.45) is 0 Å². The van der Waals surface area contributed by atoms with E-state index in [0.717, 1.165) is 15.7 Å². The Morgan fingerprint density at radius 2 is 1.70 bits per heavy atom. The summed E-state index contributed by atoms with van der Waals surface area (Å²) in [6.45, 7) is 3.78. The molecule has 0 aliphatic carbocycles. The van der Waals surface area contributed by atoms with Gasteiger partial charge in [0.05, 0.1) is 11.1 Å². The van der Waals surface area contributed by atoms with Gasteiger partial charge in [-0.05, 0) is 59.6 Å². The van der Waals surface area contributed by atoms with Gasteiger partial charge in [-0.1, -0.05) is 35.9 Å². The lowest BCUT2D eigenvalue weighted by Crippen LogP contribution is -2.34. The molecular formula is C16H15BrClNO. The lowest BCUT2D eigenvalue weighted by Gasteiger charge is -2.24. The molecule has 0 radical (unpaired) electrons. The van der Waals surface area contributed by atoms with E-state index >= 15 is 0 Å². The highest BCUT2D eigenvalue weighted by atomic mass is 79.9. The molecule has 0 saturated heterocycles. The van der Waals surface area contributed by atoms with Crippen molar-refractivity contribution in [3.63, 3.8) is 0 Å². The Kier molecular flexibility index (Phi) is 4.51. The third kappa shape index (κ3) is 3.22. The van der Waals surface area contributed by atoms with E-state index in [4.69, 9.17) is 11.6 Å². The maximum atomic E-state index is 12.5. The molecule has 2 aromatic rings. The van der Waals surface area contributed by atoms with Gasteiger partial charge in [-0.15, -0.1) is 0 Å².